The highest BCUT2D eigenvalue weighted by Crippen LogP contribution is 2.02. The second-order valence-electron chi connectivity index (χ2n) is 2.47. The summed E-state index contributed by atoms with van der Waals surface area (Å²) in [5, 5.41) is 3.31. The summed E-state index contributed by atoms with van der Waals surface area (Å²) in [5.74, 6) is 0.828. The van der Waals surface area contributed by atoms with E-state index >= 15 is 0 Å². The zero-order valence-electron chi connectivity index (χ0n) is 5.35. The lowest BCUT2D eigenvalue weighted by atomic mass is 10.1. The van der Waals surface area contributed by atoms with Crippen molar-refractivity contribution in [3.63, 3.8) is 0 Å². The molecule has 0 radical (unpaired) electrons. The van der Waals surface area contributed by atoms with Gasteiger partial charge in [0, 0.05) is 6.54 Å². The van der Waals surface area contributed by atoms with Gasteiger partial charge in [0.2, 0.25) is 0 Å². The van der Waals surface area contributed by atoms with Crippen molar-refractivity contribution < 1.29 is 0 Å². The maximum absolute atomic E-state index is 3.31. The Kier molecular flexibility index (Phi) is 2.10. The van der Waals surface area contributed by atoms with Crippen LogP contribution in [-0.2, 0) is 0 Å². The van der Waals surface area contributed by atoms with Crippen LogP contribution in [0.25, 0.3) is 0 Å². The maximum Gasteiger partial charge on any atom is 0.0135 e. The lowest BCUT2D eigenvalue weighted by Gasteiger charge is -2.03. The summed E-state index contributed by atoms with van der Waals surface area (Å²) in [6, 6.07) is 0. The van der Waals surface area contributed by atoms with E-state index in [1.165, 1.54) is 13.0 Å². The Hall–Kier alpha value is -0.300. The molecule has 8 heavy (non-hydrogen) atoms. The van der Waals surface area contributed by atoms with E-state index in [1.54, 1.807) is 0 Å². The zero-order chi connectivity index (χ0) is 5.82. The van der Waals surface area contributed by atoms with Crippen molar-refractivity contribution in [2.45, 2.75) is 13.3 Å². The van der Waals surface area contributed by atoms with Crippen LogP contribution in [0, 0.1) is 5.92 Å². The summed E-state index contributed by atoms with van der Waals surface area (Å²) < 4.78 is 0. The third kappa shape index (κ3) is 1.66. The number of rotatable bonds is 0. The van der Waals surface area contributed by atoms with E-state index in [0.29, 0.717) is 0 Å². The fraction of sp³-hybridized carbons (Fsp3) is 0.714. The molecule has 0 bridgehead atoms. The van der Waals surface area contributed by atoms with E-state index in [9.17, 15) is 0 Å². The minimum atomic E-state index is 0.828. The minimum absolute atomic E-state index is 0.828. The predicted octanol–water partition coefficient (Wildman–Crippen LogP) is 1.17. The smallest absolute Gasteiger partial charge is 0.0135 e. The predicted molar refractivity (Wildman–Crippen MR) is 35.8 cm³/mol. The van der Waals surface area contributed by atoms with Gasteiger partial charge in [-0.1, -0.05) is 19.1 Å². The molecule has 1 heterocycles. The molecule has 1 aliphatic heterocycles. The van der Waals surface area contributed by atoms with E-state index < -0.39 is 0 Å². The molecule has 0 aromatic carbocycles. The van der Waals surface area contributed by atoms with Crippen LogP contribution < -0.4 is 5.32 Å². The number of hydrogen-bond acceptors (Lipinski definition) is 1. The first-order valence-corrected chi connectivity index (χ1v) is 3.25. The van der Waals surface area contributed by atoms with Crippen LogP contribution in [0.5, 0.6) is 0 Å². The first-order valence-electron chi connectivity index (χ1n) is 3.25. The Morgan fingerprint density at radius 2 is 2.38 bits per heavy atom. The normalized spacial score (nSPS) is 29.9. The molecular weight excluding hydrogens is 98.1 g/mol. The molecule has 1 rings (SSSR count). The van der Waals surface area contributed by atoms with Crippen molar-refractivity contribution in [1.82, 2.24) is 5.32 Å². The van der Waals surface area contributed by atoms with Crippen LogP contribution in [0.4, 0.5) is 0 Å². The molecule has 0 aromatic rings. The van der Waals surface area contributed by atoms with Crippen LogP contribution in [0.2, 0.25) is 0 Å². The third-order valence-corrected chi connectivity index (χ3v) is 1.46. The van der Waals surface area contributed by atoms with Gasteiger partial charge in [-0.05, 0) is 18.9 Å². The van der Waals surface area contributed by atoms with Crippen LogP contribution in [-0.4, -0.2) is 13.1 Å². The maximum atomic E-state index is 3.31. The summed E-state index contributed by atoms with van der Waals surface area (Å²) in [6.07, 6.45) is 5.70. The highest BCUT2D eigenvalue weighted by Gasteiger charge is 1.99. The van der Waals surface area contributed by atoms with Gasteiger partial charge in [0.1, 0.15) is 0 Å². The number of hydrogen-bond donors (Lipinski definition) is 1. The molecule has 0 saturated heterocycles. The Morgan fingerprint density at radius 3 is 3.25 bits per heavy atom. The van der Waals surface area contributed by atoms with Crippen molar-refractivity contribution in [1.29, 1.82) is 0 Å². The van der Waals surface area contributed by atoms with Gasteiger partial charge in [-0.25, -0.2) is 0 Å². The summed E-state index contributed by atoms with van der Waals surface area (Å²) >= 11 is 0. The fourth-order valence-corrected chi connectivity index (χ4v) is 0.908. The minimum Gasteiger partial charge on any atom is -0.313 e. The van der Waals surface area contributed by atoms with E-state index in [1.807, 2.05) is 0 Å². The lowest BCUT2D eigenvalue weighted by Crippen LogP contribution is -2.18. The first-order chi connectivity index (χ1) is 3.89. The first kappa shape index (κ1) is 5.83. The molecule has 1 aliphatic rings. The van der Waals surface area contributed by atoms with Gasteiger partial charge < -0.3 is 5.32 Å². The van der Waals surface area contributed by atoms with Crippen molar-refractivity contribution >= 4 is 0 Å². The standard InChI is InChI=1S/C7H13N/c1-7-4-2-3-5-8-6-7/h2-3,7-8H,4-6H2,1H3. The van der Waals surface area contributed by atoms with Crippen molar-refractivity contribution in [2.75, 3.05) is 13.1 Å². The van der Waals surface area contributed by atoms with Crippen molar-refractivity contribution in [2.24, 2.45) is 5.92 Å². The molecular formula is C7H13N. The second kappa shape index (κ2) is 2.88. The molecule has 0 aromatic heterocycles. The Bertz CT molecular complexity index is 86.4. The van der Waals surface area contributed by atoms with E-state index in [4.69, 9.17) is 0 Å². The molecule has 1 N–H and O–H groups in total. The average Bonchev–Trinajstić information content (AvgIpc) is 1.94. The van der Waals surface area contributed by atoms with Gasteiger partial charge in [-0.3, -0.25) is 0 Å². The number of allylic oxidation sites excluding steroid dienone is 1. The summed E-state index contributed by atoms with van der Waals surface area (Å²) in [4.78, 5) is 0. The monoisotopic (exact) mass is 111 g/mol. The van der Waals surface area contributed by atoms with Gasteiger partial charge in [-0.15, -0.1) is 0 Å². The second-order valence-corrected chi connectivity index (χ2v) is 2.47. The third-order valence-electron chi connectivity index (χ3n) is 1.46. The van der Waals surface area contributed by atoms with Gasteiger partial charge in [0.05, 0.1) is 0 Å². The SMILES string of the molecule is CC1CC=CCNC1. The number of nitrogens with one attached hydrogen (secondary N) is 1. The highest BCUT2D eigenvalue weighted by molar-refractivity contribution is 4.88. The summed E-state index contributed by atoms with van der Waals surface area (Å²) in [7, 11) is 0. The molecule has 1 atom stereocenters. The summed E-state index contributed by atoms with van der Waals surface area (Å²) in [5.41, 5.74) is 0. The van der Waals surface area contributed by atoms with Crippen molar-refractivity contribution in [3.05, 3.63) is 12.2 Å². The zero-order valence-corrected chi connectivity index (χ0v) is 5.35. The molecule has 46 valence electrons. The lowest BCUT2D eigenvalue weighted by molar-refractivity contribution is 0.551. The van der Waals surface area contributed by atoms with Gasteiger partial charge >= 0.3 is 0 Å². The Morgan fingerprint density at radius 1 is 1.50 bits per heavy atom. The van der Waals surface area contributed by atoms with Crippen LogP contribution in [0.15, 0.2) is 12.2 Å². The van der Waals surface area contributed by atoms with Gasteiger partial charge in [0.15, 0.2) is 0 Å². The highest BCUT2D eigenvalue weighted by atomic mass is 14.8. The van der Waals surface area contributed by atoms with Crippen LogP contribution >= 0.6 is 0 Å². The topological polar surface area (TPSA) is 12.0 Å². The fourth-order valence-electron chi connectivity index (χ4n) is 0.908. The molecule has 0 fully saturated rings. The molecule has 1 nitrogen and oxygen atoms in total. The molecule has 1 heteroatoms. The van der Waals surface area contributed by atoms with E-state index in [2.05, 4.69) is 24.4 Å². The van der Waals surface area contributed by atoms with Gasteiger partial charge in [-0.2, -0.15) is 0 Å². The van der Waals surface area contributed by atoms with E-state index in [-0.39, 0.29) is 0 Å². The van der Waals surface area contributed by atoms with Crippen LogP contribution in [0.3, 0.4) is 0 Å². The molecule has 0 spiro atoms. The molecule has 0 saturated carbocycles. The van der Waals surface area contributed by atoms with Crippen LogP contribution in [0.1, 0.15) is 13.3 Å². The molecule has 1 unspecified atom stereocenters. The van der Waals surface area contributed by atoms with Crippen molar-refractivity contribution in [3.8, 4) is 0 Å². The van der Waals surface area contributed by atoms with Gasteiger partial charge in [0.25, 0.3) is 0 Å². The Labute approximate surface area is 50.8 Å². The average molecular weight is 111 g/mol. The summed E-state index contributed by atoms with van der Waals surface area (Å²) in [6.45, 7) is 4.50. The quantitative estimate of drug-likeness (QED) is 0.463. The molecule has 0 aliphatic carbocycles. The largest absolute Gasteiger partial charge is 0.313 e. The Balaban J connectivity index is 2.30. The van der Waals surface area contributed by atoms with E-state index in [0.717, 1.165) is 12.5 Å². The molecule has 0 amide bonds.